The van der Waals surface area contributed by atoms with Crippen LogP contribution < -0.4 is 0 Å². The van der Waals surface area contributed by atoms with Crippen LogP contribution >= 0.6 is 0 Å². The highest BCUT2D eigenvalue weighted by atomic mass is 16.6. The fourth-order valence-corrected chi connectivity index (χ4v) is 2.21. The van der Waals surface area contributed by atoms with Crippen LogP contribution in [0.4, 0.5) is 0 Å². The van der Waals surface area contributed by atoms with Gasteiger partial charge in [-0.2, -0.15) is 5.10 Å². The van der Waals surface area contributed by atoms with Crippen LogP contribution in [0.1, 0.15) is 23.1 Å². The predicted molar refractivity (Wildman–Crippen MR) is 83.4 cm³/mol. The van der Waals surface area contributed by atoms with Crippen LogP contribution in [0.25, 0.3) is 23.1 Å². The molecule has 0 aliphatic heterocycles. The molecule has 0 bridgehead atoms. The smallest absolute Gasteiger partial charge is 0.180 e. The van der Waals surface area contributed by atoms with Gasteiger partial charge in [0.15, 0.2) is 6.29 Å². The Bertz CT molecular complexity index is 763. The Hall–Kier alpha value is -2.43. The number of methoxy groups -OCH3 is 1. The molecule has 4 heteroatoms. The van der Waals surface area contributed by atoms with Crippen molar-refractivity contribution in [3.8, 4) is 0 Å². The summed E-state index contributed by atoms with van der Waals surface area (Å²) in [6.07, 6.45) is 3.08. The third-order valence-electron chi connectivity index (χ3n) is 3.36. The molecule has 0 fully saturated rings. The molecule has 1 aromatic heterocycles. The van der Waals surface area contributed by atoms with Crippen LogP contribution in [0.3, 0.4) is 0 Å². The zero-order chi connectivity index (χ0) is 14.7. The number of fused-ring (bicyclic) bond motifs is 1. The Balaban J connectivity index is 1.97. The summed E-state index contributed by atoms with van der Waals surface area (Å²) in [4.78, 5) is 0. The molecule has 21 heavy (non-hydrogen) atoms. The van der Waals surface area contributed by atoms with E-state index in [9.17, 15) is 5.11 Å². The Kier molecular flexibility index (Phi) is 3.81. The third kappa shape index (κ3) is 2.86. The summed E-state index contributed by atoms with van der Waals surface area (Å²) in [5.74, 6) is 0. The maximum absolute atomic E-state index is 9.75. The zero-order valence-electron chi connectivity index (χ0n) is 11.7. The average molecular weight is 280 g/mol. The van der Waals surface area contributed by atoms with Crippen molar-refractivity contribution >= 4 is 23.1 Å². The van der Waals surface area contributed by atoms with Gasteiger partial charge in [0.2, 0.25) is 0 Å². The van der Waals surface area contributed by atoms with Gasteiger partial charge in [-0.05, 0) is 23.8 Å². The van der Waals surface area contributed by atoms with Gasteiger partial charge in [-0.25, -0.2) is 0 Å². The molecule has 0 aliphatic carbocycles. The third-order valence-corrected chi connectivity index (χ3v) is 3.36. The fraction of sp³-hybridized carbons (Fsp3) is 0.118. The summed E-state index contributed by atoms with van der Waals surface area (Å²) in [5, 5.41) is 18.0. The van der Waals surface area contributed by atoms with Crippen molar-refractivity contribution in [2.45, 2.75) is 6.29 Å². The molecular formula is C17H16N2O2. The molecule has 1 heterocycles. The van der Waals surface area contributed by atoms with Crippen molar-refractivity contribution in [1.29, 1.82) is 0 Å². The van der Waals surface area contributed by atoms with Crippen LogP contribution in [0.2, 0.25) is 0 Å². The van der Waals surface area contributed by atoms with Gasteiger partial charge in [0.1, 0.15) is 0 Å². The number of hydrogen-bond donors (Lipinski definition) is 2. The summed E-state index contributed by atoms with van der Waals surface area (Å²) >= 11 is 0. The van der Waals surface area contributed by atoms with Crippen molar-refractivity contribution in [3.63, 3.8) is 0 Å². The first kappa shape index (κ1) is 13.5. The number of hydrogen-bond acceptors (Lipinski definition) is 3. The van der Waals surface area contributed by atoms with E-state index in [1.54, 1.807) is 0 Å². The summed E-state index contributed by atoms with van der Waals surface area (Å²) in [6, 6.07) is 15.6. The molecule has 2 aromatic carbocycles. The number of aliphatic hydroxyl groups is 1. The van der Waals surface area contributed by atoms with Gasteiger partial charge >= 0.3 is 0 Å². The number of aromatic nitrogens is 2. The van der Waals surface area contributed by atoms with E-state index in [1.165, 1.54) is 7.11 Å². The lowest BCUT2D eigenvalue weighted by Gasteiger charge is -2.08. The van der Waals surface area contributed by atoms with Crippen LogP contribution in [-0.2, 0) is 4.74 Å². The molecule has 1 unspecified atom stereocenters. The molecule has 3 rings (SSSR count). The summed E-state index contributed by atoms with van der Waals surface area (Å²) in [6.45, 7) is 0. The maximum Gasteiger partial charge on any atom is 0.180 e. The molecule has 1 atom stereocenters. The lowest BCUT2D eigenvalue weighted by molar-refractivity contribution is -0.0768. The second-order valence-electron chi connectivity index (χ2n) is 4.75. The van der Waals surface area contributed by atoms with Gasteiger partial charge < -0.3 is 9.84 Å². The SMILES string of the molecule is COC(O)c1ccc2n[nH]c(/C=C/c3ccccc3)c2c1. The van der Waals surface area contributed by atoms with E-state index < -0.39 is 6.29 Å². The van der Waals surface area contributed by atoms with Crippen LogP contribution in [0.5, 0.6) is 0 Å². The number of aliphatic hydroxyl groups excluding tert-OH is 1. The molecule has 0 spiro atoms. The van der Waals surface area contributed by atoms with Crippen molar-refractivity contribution in [3.05, 3.63) is 65.4 Å². The number of benzene rings is 2. The standard InChI is InChI=1S/C17H16N2O2/c1-21-17(20)13-8-10-16-14(11-13)15(18-19-16)9-7-12-5-3-2-4-6-12/h2-11,17,20H,1H3,(H,18,19)/b9-7+. The average Bonchev–Trinajstić information content (AvgIpc) is 2.95. The van der Waals surface area contributed by atoms with Crippen molar-refractivity contribution in [2.75, 3.05) is 7.11 Å². The van der Waals surface area contributed by atoms with Crippen LogP contribution in [-0.4, -0.2) is 22.4 Å². The first-order valence-corrected chi connectivity index (χ1v) is 6.70. The van der Waals surface area contributed by atoms with Gasteiger partial charge in [-0.15, -0.1) is 0 Å². The van der Waals surface area contributed by atoms with Crippen molar-refractivity contribution in [2.24, 2.45) is 0 Å². The molecule has 0 saturated carbocycles. The number of H-pyrrole nitrogens is 1. The van der Waals surface area contributed by atoms with Crippen molar-refractivity contribution < 1.29 is 9.84 Å². The summed E-state index contributed by atoms with van der Waals surface area (Å²) in [5.41, 5.74) is 3.59. The predicted octanol–water partition coefficient (Wildman–Crippen LogP) is 3.37. The molecule has 4 nitrogen and oxygen atoms in total. The van der Waals surface area contributed by atoms with Crippen LogP contribution in [0, 0.1) is 0 Å². The number of aromatic amines is 1. The lowest BCUT2D eigenvalue weighted by atomic mass is 10.1. The van der Waals surface area contributed by atoms with E-state index >= 15 is 0 Å². The quantitative estimate of drug-likeness (QED) is 0.720. The normalized spacial score (nSPS) is 13.0. The number of nitrogens with one attached hydrogen (secondary N) is 1. The molecule has 2 N–H and O–H groups in total. The van der Waals surface area contributed by atoms with Gasteiger partial charge in [0.25, 0.3) is 0 Å². The van der Waals surface area contributed by atoms with Gasteiger partial charge in [0.05, 0.1) is 11.2 Å². The highest BCUT2D eigenvalue weighted by Crippen LogP contribution is 2.23. The van der Waals surface area contributed by atoms with E-state index in [-0.39, 0.29) is 0 Å². The topological polar surface area (TPSA) is 58.1 Å². The lowest BCUT2D eigenvalue weighted by Crippen LogP contribution is -1.98. The second kappa shape index (κ2) is 5.91. The fourth-order valence-electron chi connectivity index (χ4n) is 2.21. The van der Waals surface area contributed by atoms with Crippen LogP contribution in [0.15, 0.2) is 48.5 Å². The Labute approximate surface area is 122 Å². The molecular weight excluding hydrogens is 264 g/mol. The van der Waals surface area contributed by atoms with Gasteiger partial charge in [-0.1, -0.05) is 42.5 Å². The minimum Gasteiger partial charge on any atom is -0.364 e. The number of ether oxygens (including phenoxy) is 1. The minimum absolute atomic E-state index is 0.709. The molecule has 0 amide bonds. The van der Waals surface area contributed by atoms with E-state index in [0.29, 0.717) is 5.56 Å². The Morgan fingerprint density at radius 3 is 2.71 bits per heavy atom. The van der Waals surface area contributed by atoms with Crippen molar-refractivity contribution in [1.82, 2.24) is 10.2 Å². The second-order valence-corrected chi connectivity index (χ2v) is 4.75. The summed E-state index contributed by atoms with van der Waals surface area (Å²) < 4.78 is 4.94. The number of rotatable bonds is 4. The van der Waals surface area contributed by atoms with Gasteiger partial charge in [-0.3, -0.25) is 5.10 Å². The highest BCUT2D eigenvalue weighted by Gasteiger charge is 2.09. The molecule has 0 saturated heterocycles. The Morgan fingerprint density at radius 2 is 1.95 bits per heavy atom. The zero-order valence-corrected chi connectivity index (χ0v) is 11.7. The van der Waals surface area contributed by atoms with E-state index in [1.807, 2.05) is 60.7 Å². The van der Waals surface area contributed by atoms with Gasteiger partial charge in [0, 0.05) is 18.1 Å². The summed E-state index contributed by atoms with van der Waals surface area (Å²) in [7, 11) is 1.47. The van der Waals surface area contributed by atoms with E-state index in [4.69, 9.17) is 4.74 Å². The minimum atomic E-state index is -0.921. The monoisotopic (exact) mass is 280 g/mol. The van der Waals surface area contributed by atoms with E-state index in [0.717, 1.165) is 22.2 Å². The molecule has 0 aliphatic rings. The largest absolute Gasteiger partial charge is 0.364 e. The number of nitrogens with zero attached hydrogens (tertiary/aromatic N) is 1. The maximum atomic E-state index is 9.75. The molecule has 3 aromatic rings. The van der Waals surface area contributed by atoms with E-state index in [2.05, 4.69) is 10.2 Å². The Morgan fingerprint density at radius 1 is 1.14 bits per heavy atom. The first-order valence-electron chi connectivity index (χ1n) is 6.70. The first-order chi connectivity index (χ1) is 10.3. The highest BCUT2D eigenvalue weighted by molar-refractivity contribution is 5.89. The molecule has 106 valence electrons. The molecule has 0 radical (unpaired) electrons.